The molecule has 1 heterocycles. The standard InChI is InChI=1S/C15H18N2O4/c1-20-11-6-5-10-8-13(17-12(10)9-11)15(19)16-7-3-4-14(18)21-2/h5-6,8-9,17H,3-4,7H2,1-2H3,(H,16,19). The van der Waals surface area contributed by atoms with Crippen molar-refractivity contribution in [1.29, 1.82) is 0 Å². The molecule has 0 atom stereocenters. The van der Waals surface area contributed by atoms with Gasteiger partial charge in [0, 0.05) is 29.9 Å². The van der Waals surface area contributed by atoms with Gasteiger partial charge in [-0.2, -0.15) is 0 Å². The normalized spacial score (nSPS) is 10.4. The summed E-state index contributed by atoms with van der Waals surface area (Å²) in [5.74, 6) is 0.256. The molecule has 2 aromatic rings. The van der Waals surface area contributed by atoms with E-state index >= 15 is 0 Å². The SMILES string of the molecule is COC(=O)CCCNC(=O)c1cc2ccc(OC)cc2[nH]1. The van der Waals surface area contributed by atoms with Gasteiger partial charge >= 0.3 is 5.97 Å². The number of amides is 1. The smallest absolute Gasteiger partial charge is 0.305 e. The van der Waals surface area contributed by atoms with Gasteiger partial charge in [0.1, 0.15) is 11.4 Å². The van der Waals surface area contributed by atoms with Crippen molar-refractivity contribution in [2.45, 2.75) is 12.8 Å². The van der Waals surface area contributed by atoms with E-state index in [-0.39, 0.29) is 11.9 Å². The first kappa shape index (κ1) is 14.9. The average molecular weight is 290 g/mol. The predicted octanol–water partition coefficient (Wildman–Crippen LogP) is 1.86. The molecule has 21 heavy (non-hydrogen) atoms. The lowest BCUT2D eigenvalue weighted by atomic mass is 10.2. The highest BCUT2D eigenvalue weighted by Gasteiger charge is 2.10. The molecule has 112 valence electrons. The van der Waals surface area contributed by atoms with E-state index in [1.54, 1.807) is 13.2 Å². The number of esters is 1. The van der Waals surface area contributed by atoms with E-state index in [1.807, 2.05) is 18.2 Å². The number of fused-ring (bicyclic) bond motifs is 1. The second-order valence-corrected chi connectivity index (χ2v) is 4.57. The number of hydrogen-bond donors (Lipinski definition) is 2. The maximum atomic E-state index is 12.0. The fraction of sp³-hybridized carbons (Fsp3) is 0.333. The Morgan fingerprint density at radius 1 is 1.24 bits per heavy atom. The minimum Gasteiger partial charge on any atom is -0.497 e. The number of aromatic nitrogens is 1. The first-order valence-electron chi connectivity index (χ1n) is 6.66. The molecule has 0 aliphatic heterocycles. The maximum absolute atomic E-state index is 12.0. The van der Waals surface area contributed by atoms with Crippen LogP contribution in [0.25, 0.3) is 10.9 Å². The minimum absolute atomic E-state index is 0.199. The van der Waals surface area contributed by atoms with Crippen molar-refractivity contribution in [3.05, 3.63) is 30.0 Å². The number of nitrogens with one attached hydrogen (secondary N) is 2. The van der Waals surface area contributed by atoms with Crippen LogP contribution in [-0.4, -0.2) is 37.6 Å². The Kier molecular flexibility index (Phi) is 4.81. The van der Waals surface area contributed by atoms with E-state index in [2.05, 4.69) is 15.0 Å². The topological polar surface area (TPSA) is 80.4 Å². The maximum Gasteiger partial charge on any atom is 0.305 e. The van der Waals surface area contributed by atoms with Gasteiger partial charge in [-0.25, -0.2) is 0 Å². The van der Waals surface area contributed by atoms with Gasteiger partial charge in [0.05, 0.1) is 14.2 Å². The Bertz CT molecular complexity index is 648. The monoisotopic (exact) mass is 290 g/mol. The molecule has 0 bridgehead atoms. The summed E-state index contributed by atoms with van der Waals surface area (Å²) in [6.07, 6.45) is 0.840. The molecule has 0 aliphatic carbocycles. The van der Waals surface area contributed by atoms with Crippen LogP contribution in [0, 0.1) is 0 Å². The number of carbonyl (C=O) groups is 2. The van der Waals surface area contributed by atoms with Crippen molar-refractivity contribution >= 4 is 22.8 Å². The van der Waals surface area contributed by atoms with Crippen molar-refractivity contribution in [2.24, 2.45) is 0 Å². The lowest BCUT2D eigenvalue weighted by Gasteiger charge is -2.02. The minimum atomic E-state index is -0.276. The van der Waals surface area contributed by atoms with Gasteiger partial charge in [-0.3, -0.25) is 9.59 Å². The highest BCUT2D eigenvalue weighted by molar-refractivity contribution is 5.98. The second kappa shape index (κ2) is 6.78. The zero-order chi connectivity index (χ0) is 15.2. The molecule has 1 amide bonds. The lowest BCUT2D eigenvalue weighted by Crippen LogP contribution is -2.25. The first-order chi connectivity index (χ1) is 10.1. The van der Waals surface area contributed by atoms with Gasteiger partial charge in [0.25, 0.3) is 5.91 Å². The predicted molar refractivity (Wildman–Crippen MR) is 78.4 cm³/mol. The molecule has 2 rings (SSSR count). The third kappa shape index (κ3) is 3.75. The summed E-state index contributed by atoms with van der Waals surface area (Å²) in [6, 6.07) is 7.35. The van der Waals surface area contributed by atoms with E-state index in [0.717, 1.165) is 16.7 Å². The van der Waals surface area contributed by atoms with Crippen LogP contribution in [0.2, 0.25) is 0 Å². The zero-order valence-corrected chi connectivity index (χ0v) is 12.1. The van der Waals surface area contributed by atoms with Crippen molar-refractivity contribution in [3.8, 4) is 5.75 Å². The summed E-state index contributed by atoms with van der Waals surface area (Å²) >= 11 is 0. The molecular formula is C15H18N2O4. The van der Waals surface area contributed by atoms with Crippen molar-refractivity contribution < 1.29 is 19.1 Å². The molecule has 0 saturated carbocycles. The molecule has 2 N–H and O–H groups in total. The molecule has 0 spiro atoms. The van der Waals surface area contributed by atoms with Crippen LogP contribution in [0.3, 0.4) is 0 Å². The summed E-state index contributed by atoms with van der Waals surface area (Å²) in [4.78, 5) is 26.0. The number of H-pyrrole nitrogens is 1. The van der Waals surface area contributed by atoms with Gasteiger partial charge in [0.2, 0.25) is 0 Å². The molecule has 0 radical (unpaired) electrons. The highest BCUT2D eigenvalue weighted by Crippen LogP contribution is 2.21. The quantitative estimate of drug-likeness (QED) is 0.628. The number of rotatable bonds is 6. The summed E-state index contributed by atoms with van der Waals surface area (Å²) in [7, 11) is 2.94. The van der Waals surface area contributed by atoms with Crippen LogP contribution in [0.1, 0.15) is 23.3 Å². The summed E-state index contributed by atoms with van der Waals surface area (Å²) in [5, 5.41) is 3.70. The number of benzene rings is 1. The van der Waals surface area contributed by atoms with Crippen molar-refractivity contribution in [2.75, 3.05) is 20.8 Å². The van der Waals surface area contributed by atoms with E-state index < -0.39 is 0 Å². The zero-order valence-electron chi connectivity index (χ0n) is 12.1. The van der Waals surface area contributed by atoms with Gasteiger partial charge in [-0.05, 0) is 24.6 Å². The Morgan fingerprint density at radius 2 is 2.05 bits per heavy atom. The van der Waals surface area contributed by atoms with Crippen molar-refractivity contribution in [3.63, 3.8) is 0 Å². The Morgan fingerprint density at radius 3 is 2.76 bits per heavy atom. The number of hydrogen-bond acceptors (Lipinski definition) is 4. The van der Waals surface area contributed by atoms with Crippen molar-refractivity contribution in [1.82, 2.24) is 10.3 Å². The van der Waals surface area contributed by atoms with E-state index in [0.29, 0.717) is 25.1 Å². The molecule has 6 nitrogen and oxygen atoms in total. The second-order valence-electron chi connectivity index (χ2n) is 4.57. The summed E-state index contributed by atoms with van der Waals surface area (Å²) < 4.78 is 9.67. The number of ether oxygens (including phenoxy) is 2. The van der Waals surface area contributed by atoms with E-state index in [9.17, 15) is 9.59 Å². The van der Waals surface area contributed by atoms with Gasteiger partial charge < -0.3 is 19.8 Å². The van der Waals surface area contributed by atoms with E-state index in [4.69, 9.17) is 4.74 Å². The van der Waals surface area contributed by atoms with Crippen LogP contribution < -0.4 is 10.1 Å². The van der Waals surface area contributed by atoms with E-state index in [1.165, 1.54) is 7.11 Å². The molecule has 0 saturated heterocycles. The molecular weight excluding hydrogens is 272 g/mol. The van der Waals surface area contributed by atoms with Crippen LogP contribution in [0.4, 0.5) is 0 Å². The Balaban J connectivity index is 1.94. The molecule has 0 fully saturated rings. The fourth-order valence-electron chi connectivity index (χ4n) is 1.99. The molecule has 6 heteroatoms. The van der Waals surface area contributed by atoms with Crippen LogP contribution in [-0.2, 0) is 9.53 Å². The first-order valence-corrected chi connectivity index (χ1v) is 6.66. The fourth-order valence-corrected chi connectivity index (χ4v) is 1.99. The molecule has 1 aromatic heterocycles. The highest BCUT2D eigenvalue weighted by atomic mass is 16.5. The molecule has 0 unspecified atom stereocenters. The number of methoxy groups -OCH3 is 2. The van der Waals surface area contributed by atoms with Crippen LogP contribution >= 0.6 is 0 Å². The Hall–Kier alpha value is -2.50. The third-order valence-electron chi connectivity index (χ3n) is 3.15. The van der Waals surface area contributed by atoms with Crippen LogP contribution in [0.15, 0.2) is 24.3 Å². The average Bonchev–Trinajstić information content (AvgIpc) is 2.93. The van der Waals surface area contributed by atoms with Gasteiger partial charge in [-0.15, -0.1) is 0 Å². The lowest BCUT2D eigenvalue weighted by molar-refractivity contribution is -0.140. The summed E-state index contributed by atoms with van der Waals surface area (Å²) in [6.45, 7) is 0.423. The molecule has 1 aromatic carbocycles. The number of carbonyl (C=O) groups excluding carboxylic acids is 2. The van der Waals surface area contributed by atoms with Gasteiger partial charge in [0.15, 0.2) is 0 Å². The number of aromatic amines is 1. The molecule has 0 aliphatic rings. The third-order valence-corrected chi connectivity index (χ3v) is 3.15. The van der Waals surface area contributed by atoms with Crippen LogP contribution in [0.5, 0.6) is 5.75 Å². The largest absolute Gasteiger partial charge is 0.497 e. The summed E-state index contributed by atoms with van der Waals surface area (Å²) in [5.41, 5.74) is 1.32. The Labute approximate surface area is 122 Å². The van der Waals surface area contributed by atoms with Gasteiger partial charge in [-0.1, -0.05) is 0 Å².